The molecule has 1 aromatic rings. The highest BCUT2D eigenvalue weighted by Crippen LogP contribution is 2.07. The van der Waals surface area contributed by atoms with Crippen LogP contribution in [0.2, 0.25) is 0 Å². The van der Waals surface area contributed by atoms with Gasteiger partial charge >= 0.3 is 0 Å². The van der Waals surface area contributed by atoms with Crippen LogP contribution in [0.4, 0.5) is 0 Å². The number of carbonyl (C=O) groups excluding carboxylic acids is 1. The molecule has 0 atom stereocenters. The van der Waals surface area contributed by atoms with Crippen molar-refractivity contribution in [2.45, 2.75) is 26.3 Å². The van der Waals surface area contributed by atoms with E-state index in [1.807, 2.05) is 12.3 Å². The molecule has 1 rings (SSSR count). The summed E-state index contributed by atoms with van der Waals surface area (Å²) in [5.74, 6) is -0.363. The zero-order valence-corrected chi connectivity index (χ0v) is 11.1. The maximum Gasteiger partial charge on any atom is 0.220 e. The summed E-state index contributed by atoms with van der Waals surface area (Å²) in [6.45, 7) is 2.26. The van der Waals surface area contributed by atoms with Crippen LogP contribution in [0.5, 0.6) is 0 Å². The van der Waals surface area contributed by atoms with E-state index in [9.17, 15) is 13.2 Å². The molecule has 0 fully saturated rings. The maximum atomic E-state index is 11.3. The third-order valence-electron chi connectivity index (χ3n) is 1.94. The lowest BCUT2D eigenvalue weighted by atomic mass is 10.3. The average Bonchev–Trinajstić information content (AvgIpc) is 2.59. The highest BCUT2D eigenvalue weighted by atomic mass is 32.2. The van der Waals surface area contributed by atoms with Gasteiger partial charge < -0.3 is 5.32 Å². The van der Waals surface area contributed by atoms with E-state index >= 15 is 0 Å². The van der Waals surface area contributed by atoms with Crippen molar-refractivity contribution < 1.29 is 13.2 Å². The molecule has 1 amide bonds. The summed E-state index contributed by atoms with van der Waals surface area (Å²) in [6, 6.07) is 0. The van der Waals surface area contributed by atoms with E-state index in [0.717, 1.165) is 10.7 Å². The van der Waals surface area contributed by atoms with Crippen molar-refractivity contribution in [1.29, 1.82) is 0 Å². The Morgan fingerprint density at radius 1 is 1.59 bits per heavy atom. The second-order valence-electron chi connectivity index (χ2n) is 3.63. The third-order valence-corrected chi connectivity index (χ3v) is 3.76. The van der Waals surface area contributed by atoms with E-state index in [-0.39, 0.29) is 24.5 Å². The van der Waals surface area contributed by atoms with Gasteiger partial charge in [-0.2, -0.15) is 0 Å². The normalized spacial score (nSPS) is 11.4. The van der Waals surface area contributed by atoms with Crippen LogP contribution >= 0.6 is 11.3 Å². The van der Waals surface area contributed by atoms with Gasteiger partial charge in [0.15, 0.2) is 0 Å². The molecule has 0 saturated carbocycles. The van der Waals surface area contributed by atoms with Gasteiger partial charge in [0.05, 0.1) is 12.3 Å². The number of thiazole rings is 1. The molecule has 1 aromatic heterocycles. The number of aryl methyl sites for hydroxylation is 1. The molecular weight excluding hydrogens is 262 g/mol. The number of aromatic nitrogens is 1. The molecule has 0 radical (unpaired) electrons. The van der Waals surface area contributed by atoms with Crippen molar-refractivity contribution in [3.8, 4) is 0 Å². The van der Waals surface area contributed by atoms with E-state index < -0.39 is 10.0 Å². The zero-order chi connectivity index (χ0) is 12.9. The monoisotopic (exact) mass is 277 g/mol. The first kappa shape index (κ1) is 14.1. The first-order valence-corrected chi connectivity index (χ1v) is 7.64. The third kappa shape index (κ3) is 6.35. The smallest absolute Gasteiger partial charge is 0.220 e. The van der Waals surface area contributed by atoms with Crippen molar-refractivity contribution >= 4 is 27.3 Å². The molecule has 0 aliphatic rings. The Morgan fingerprint density at radius 2 is 2.29 bits per heavy atom. The number of nitrogens with two attached hydrogens (primary N) is 1. The zero-order valence-electron chi connectivity index (χ0n) is 9.47. The Labute approximate surface area is 104 Å². The molecule has 0 aliphatic carbocycles. The molecule has 3 N–H and O–H groups in total. The van der Waals surface area contributed by atoms with Crippen molar-refractivity contribution in [2.24, 2.45) is 5.14 Å². The molecule has 0 aromatic carbocycles. The summed E-state index contributed by atoms with van der Waals surface area (Å²) in [7, 11) is -3.47. The fourth-order valence-electron chi connectivity index (χ4n) is 1.18. The maximum absolute atomic E-state index is 11.3. The van der Waals surface area contributed by atoms with Gasteiger partial charge in [0.2, 0.25) is 15.9 Å². The Balaban J connectivity index is 2.22. The molecule has 0 bridgehead atoms. The predicted octanol–water partition coefficient (Wildman–Crippen LogP) is 0.136. The number of amides is 1. The van der Waals surface area contributed by atoms with Crippen LogP contribution in [-0.2, 0) is 21.4 Å². The topological polar surface area (TPSA) is 102 Å². The van der Waals surface area contributed by atoms with Crippen molar-refractivity contribution in [2.75, 3.05) is 5.75 Å². The minimum atomic E-state index is -3.47. The van der Waals surface area contributed by atoms with Crippen LogP contribution in [-0.4, -0.2) is 25.1 Å². The minimum Gasteiger partial charge on any atom is -0.350 e. The first-order valence-electron chi connectivity index (χ1n) is 5.05. The molecular formula is C9H15N3O3S2. The van der Waals surface area contributed by atoms with Crippen LogP contribution < -0.4 is 10.5 Å². The quantitative estimate of drug-likeness (QED) is 0.771. The predicted molar refractivity (Wildman–Crippen MR) is 65.9 cm³/mol. The van der Waals surface area contributed by atoms with Crippen LogP contribution in [0.25, 0.3) is 0 Å². The van der Waals surface area contributed by atoms with Crippen LogP contribution in [0.3, 0.4) is 0 Å². The number of carbonyl (C=O) groups is 1. The Kier molecular flexibility index (Phi) is 5.03. The van der Waals surface area contributed by atoms with E-state index in [2.05, 4.69) is 10.3 Å². The Bertz CT molecular complexity index is 481. The second kappa shape index (κ2) is 6.08. The van der Waals surface area contributed by atoms with Gasteiger partial charge in [-0.05, 0) is 13.3 Å². The summed E-state index contributed by atoms with van der Waals surface area (Å²) in [4.78, 5) is 15.5. The molecule has 6 nitrogen and oxygen atoms in total. The molecule has 8 heteroatoms. The molecule has 0 unspecified atom stereocenters. The lowest BCUT2D eigenvalue weighted by Gasteiger charge is -2.02. The largest absolute Gasteiger partial charge is 0.350 e. The molecule has 0 aliphatic heterocycles. The van der Waals surface area contributed by atoms with Gasteiger partial charge in [-0.3, -0.25) is 4.79 Å². The molecule has 17 heavy (non-hydrogen) atoms. The van der Waals surface area contributed by atoms with Gasteiger partial charge in [-0.15, -0.1) is 11.3 Å². The number of hydrogen-bond donors (Lipinski definition) is 2. The highest BCUT2D eigenvalue weighted by molar-refractivity contribution is 7.89. The number of sulfonamides is 1. The number of nitrogens with one attached hydrogen (secondary N) is 1. The summed E-state index contributed by atoms with van der Waals surface area (Å²) >= 11 is 1.48. The second-order valence-corrected chi connectivity index (χ2v) is 6.31. The van der Waals surface area contributed by atoms with Gasteiger partial charge in [-0.1, -0.05) is 0 Å². The molecule has 0 saturated heterocycles. The van der Waals surface area contributed by atoms with E-state index in [0.29, 0.717) is 6.54 Å². The molecule has 1 heterocycles. The Hall–Kier alpha value is -0.990. The summed E-state index contributed by atoms with van der Waals surface area (Å²) in [5, 5.41) is 10.2. The van der Waals surface area contributed by atoms with Gasteiger partial charge in [0, 0.05) is 17.5 Å². The van der Waals surface area contributed by atoms with Gasteiger partial charge in [0.1, 0.15) is 5.01 Å². The number of primary sulfonamides is 1. The lowest BCUT2D eigenvalue weighted by Crippen LogP contribution is -2.24. The SMILES string of the molecule is Cc1csc(CNC(=O)CCCS(N)(=O)=O)n1. The standard InChI is InChI=1S/C9H15N3O3S2/c1-7-6-16-9(12-7)5-11-8(13)3-2-4-17(10,14)15/h6H,2-5H2,1H3,(H,11,13)(H2,10,14,15). The molecule has 96 valence electrons. The average molecular weight is 277 g/mol. The molecule has 0 spiro atoms. The fourth-order valence-corrected chi connectivity index (χ4v) is 2.44. The van der Waals surface area contributed by atoms with E-state index in [4.69, 9.17) is 5.14 Å². The number of hydrogen-bond acceptors (Lipinski definition) is 5. The number of nitrogens with zero attached hydrogens (tertiary/aromatic N) is 1. The van der Waals surface area contributed by atoms with E-state index in [1.165, 1.54) is 11.3 Å². The van der Waals surface area contributed by atoms with Crippen molar-refractivity contribution in [1.82, 2.24) is 10.3 Å². The van der Waals surface area contributed by atoms with Crippen LogP contribution in [0.15, 0.2) is 5.38 Å². The van der Waals surface area contributed by atoms with Gasteiger partial charge in [0.25, 0.3) is 0 Å². The minimum absolute atomic E-state index is 0.154. The van der Waals surface area contributed by atoms with Crippen LogP contribution in [0, 0.1) is 6.92 Å². The van der Waals surface area contributed by atoms with Crippen LogP contribution in [0.1, 0.15) is 23.5 Å². The summed E-state index contributed by atoms with van der Waals surface area (Å²) in [5.41, 5.74) is 0.925. The summed E-state index contributed by atoms with van der Waals surface area (Å²) < 4.78 is 21.3. The van der Waals surface area contributed by atoms with Gasteiger partial charge in [-0.25, -0.2) is 18.5 Å². The lowest BCUT2D eigenvalue weighted by molar-refractivity contribution is -0.121. The van der Waals surface area contributed by atoms with E-state index in [1.54, 1.807) is 0 Å². The fraction of sp³-hybridized carbons (Fsp3) is 0.556. The van der Waals surface area contributed by atoms with Crippen molar-refractivity contribution in [3.63, 3.8) is 0 Å². The summed E-state index contributed by atoms with van der Waals surface area (Å²) in [6.07, 6.45) is 0.391. The highest BCUT2D eigenvalue weighted by Gasteiger charge is 2.07. The number of rotatable bonds is 6. The first-order chi connectivity index (χ1) is 7.87. The Morgan fingerprint density at radius 3 is 2.82 bits per heavy atom. The van der Waals surface area contributed by atoms with Crippen molar-refractivity contribution in [3.05, 3.63) is 16.1 Å².